The molecule has 0 fully saturated rings. The number of aromatic nitrogens is 1. The first-order chi connectivity index (χ1) is 14.6. The number of ketones is 2. The van der Waals surface area contributed by atoms with Crippen molar-refractivity contribution in [2.75, 3.05) is 16.8 Å². The van der Waals surface area contributed by atoms with E-state index in [0.29, 0.717) is 16.8 Å². The number of anilines is 1. The highest BCUT2D eigenvalue weighted by atomic mass is 32.2. The molecule has 1 aromatic heterocycles. The second-order valence-corrected chi connectivity index (χ2v) is 9.14. The zero-order valence-electron chi connectivity index (χ0n) is 17.3. The molecule has 31 heavy (non-hydrogen) atoms. The predicted octanol–water partition coefficient (Wildman–Crippen LogP) is 2.23. The van der Waals surface area contributed by atoms with E-state index >= 15 is 0 Å². The standard InChI is InChI=1S/C22H21N3O5S/c1-15(26)13-31(30,14-16(2)27)25-22(29)20-9-19(11-23-12-20)8-7-18-5-4-6-21(10-18)24-17(3)28/h4-6,9-12H,13-14H2,1-3H3,(H,24,28). The van der Waals surface area contributed by atoms with Crippen LogP contribution in [0.15, 0.2) is 47.1 Å². The average Bonchev–Trinajstić information content (AvgIpc) is 2.64. The molecule has 0 unspecified atom stereocenters. The fourth-order valence-corrected chi connectivity index (χ4v) is 4.51. The molecule has 160 valence electrons. The van der Waals surface area contributed by atoms with E-state index in [1.807, 2.05) is 0 Å². The van der Waals surface area contributed by atoms with Gasteiger partial charge in [0.25, 0.3) is 5.91 Å². The lowest BCUT2D eigenvalue weighted by Gasteiger charge is -2.06. The summed E-state index contributed by atoms with van der Waals surface area (Å²) in [7, 11) is -3.34. The van der Waals surface area contributed by atoms with Gasteiger partial charge in [-0.1, -0.05) is 17.9 Å². The summed E-state index contributed by atoms with van der Waals surface area (Å²) >= 11 is 0. The van der Waals surface area contributed by atoms with Gasteiger partial charge in [0.05, 0.1) is 26.8 Å². The second-order valence-electron chi connectivity index (χ2n) is 6.84. The fourth-order valence-electron chi connectivity index (χ4n) is 2.60. The van der Waals surface area contributed by atoms with Crippen LogP contribution in [0, 0.1) is 11.8 Å². The number of Topliss-reactive ketones (excluding diaryl/α,β-unsaturated/α-hetero) is 2. The first-order valence-corrected chi connectivity index (χ1v) is 11.0. The molecule has 0 aliphatic heterocycles. The highest BCUT2D eigenvalue weighted by molar-refractivity contribution is 7.95. The number of hydrogen-bond donors (Lipinski definition) is 1. The van der Waals surface area contributed by atoms with Crippen LogP contribution in [-0.4, -0.2) is 44.1 Å². The van der Waals surface area contributed by atoms with Crippen molar-refractivity contribution in [1.29, 1.82) is 0 Å². The van der Waals surface area contributed by atoms with E-state index < -0.39 is 38.7 Å². The smallest absolute Gasteiger partial charge is 0.286 e. The van der Waals surface area contributed by atoms with E-state index in [4.69, 9.17) is 0 Å². The zero-order chi connectivity index (χ0) is 23.0. The van der Waals surface area contributed by atoms with Gasteiger partial charge in [-0.25, -0.2) is 4.21 Å². The molecule has 0 bridgehead atoms. The average molecular weight is 439 g/mol. The Hall–Kier alpha value is -3.64. The minimum absolute atomic E-state index is 0.0404. The lowest BCUT2D eigenvalue weighted by molar-refractivity contribution is -0.115. The Morgan fingerprint density at radius 2 is 1.61 bits per heavy atom. The van der Waals surface area contributed by atoms with E-state index in [-0.39, 0.29) is 11.5 Å². The first kappa shape index (κ1) is 23.6. The van der Waals surface area contributed by atoms with E-state index in [9.17, 15) is 23.4 Å². The SMILES string of the molecule is CC(=O)CS(=O)(CC(C)=O)=NC(=O)c1cncc(C#Cc2cccc(NC(C)=O)c2)c1. The van der Waals surface area contributed by atoms with Crippen LogP contribution >= 0.6 is 0 Å². The Kier molecular flexibility index (Phi) is 7.94. The van der Waals surface area contributed by atoms with Gasteiger partial charge in [-0.2, -0.15) is 4.36 Å². The maximum atomic E-state index is 12.8. The monoisotopic (exact) mass is 439 g/mol. The number of pyridine rings is 1. The third-order valence-electron chi connectivity index (χ3n) is 3.63. The molecule has 0 spiro atoms. The molecular formula is C22H21N3O5S. The van der Waals surface area contributed by atoms with Crippen LogP contribution in [0.5, 0.6) is 0 Å². The van der Waals surface area contributed by atoms with Crippen molar-refractivity contribution in [3.63, 3.8) is 0 Å². The molecule has 2 rings (SSSR count). The van der Waals surface area contributed by atoms with E-state index in [0.717, 1.165) is 0 Å². The summed E-state index contributed by atoms with van der Waals surface area (Å²) in [6.45, 7) is 3.85. The van der Waals surface area contributed by atoms with Crippen molar-refractivity contribution in [1.82, 2.24) is 4.98 Å². The maximum Gasteiger partial charge on any atom is 0.286 e. The van der Waals surface area contributed by atoms with E-state index in [2.05, 4.69) is 26.5 Å². The molecule has 2 amide bonds. The number of carbonyl (C=O) groups is 4. The minimum atomic E-state index is -3.34. The van der Waals surface area contributed by atoms with Crippen molar-refractivity contribution >= 4 is 38.8 Å². The number of amides is 2. The molecule has 0 aliphatic carbocycles. The molecule has 8 nitrogen and oxygen atoms in total. The Morgan fingerprint density at radius 1 is 0.968 bits per heavy atom. The van der Waals surface area contributed by atoms with Crippen LogP contribution in [0.4, 0.5) is 5.69 Å². The van der Waals surface area contributed by atoms with Crippen LogP contribution in [0.3, 0.4) is 0 Å². The van der Waals surface area contributed by atoms with Gasteiger partial charge in [0.1, 0.15) is 11.6 Å². The van der Waals surface area contributed by atoms with Gasteiger partial charge in [-0.05, 0) is 38.1 Å². The van der Waals surface area contributed by atoms with E-state index in [1.165, 1.54) is 39.2 Å². The molecule has 2 aromatic rings. The van der Waals surface area contributed by atoms with Crippen molar-refractivity contribution in [3.8, 4) is 11.8 Å². The summed E-state index contributed by atoms with van der Waals surface area (Å²) in [5.74, 6) is 2.93. The van der Waals surface area contributed by atoms with Crippen molar-refractivity contribution in [2.45, 2.75) is 20.8 Å². The van der Waals surface area contributed by atoms with Crippen molar-refractivity contribution in [2.24, 2.45) is 4.36 Å². The van der Waals surface area contributed by atoms with Crippen LogP contribution in [-0.2, 0) is 24.1 Å². The summed E-state index contributed by atoms with van der Waals surface area (Å²) < 4.78 is 16.5. The van der Waals surface area contributed by atoms with E-state index in [1.54, 1.807) is 24.3 Å². The molecule has 0 saturated heterocycles. The molecule has 0 radical (unpaired) electrons. The van der Waals surface area contributed by atoms with Crippen LogP contribution < -0.4 is 5.32 Å². The maximum absolute atomic E-state index is 12.8. The fraction of sp³-hybridized carbons (Fsp3) is 0.227. The highest BCUT2D eigenvalue weighted by Gasteiger charge is 2.18. The van der Waals surface area contributed by atoms with Crippen molar-refractivity contribution < 1.29 is 23.4 Å². The van der Waals surface area contributed by atoms with Crippen LogP contribution in [0.2, 0.25) is 0 Å². The Balaban J connectivity index is 2.32. The van der Waals surface area contributed by atoms with Gasteiger partial charge >= 0.3 is 0 Å². The van der Waals surface area contributed by atoms with Crippen molar-refractivity contribution in [3.05, 3.63) is 59.4 Å². The van der Waals surface area contributed by atoms with Gasteiger partial charge in [0, 0.05) is 36.1 Å². The number of nitrogens with one attached hydrogen (secondary N) is 1. The Bertz CT molecular complexity index is 1210. The van der Waals surface area contributed by atoms with Gasteiger partial charge in [-0.15, -0.1) is 0 Å². The summed E-state index contributed by atoms with van der Waals surface area (Å²) in [6.07, 6.45) is 2.69. The lowest BCUT2D eigenvalue weighted by atomic mass is 10.1. The van der Waals surface area contributed by atoms with Gasteiger partial charge in [-0.3, -0.25) is 24.2 Å². The largest absolute Gasteiger partial charge is 0.326 e. The quantitative estimate of drug-likeness (QED) is 0.689. The normalized spacial score (nSPS) is 10.4. The summed E-state index contributed by atoms with van der Waals surface area (Å²) in [4.78, 5) is 50.4. The van der Waals surface area contributed by atoms with Gasteiger partial charge in [0.15, 0.2) is 0 Å². The molecule has 0 atom stereocenters. The summed E-state index contributed by atoms with van der Waals surface area (Å²) in [6, 6.07) is 8.37. The molecule has 0 aliphatic rings. The highest BCUT2D eigenvalue weighted by Crippen LogP contribution is 2.11. The molecule has 0 saturated carbocycles. The third kappa shape index (κ3) is 7.95. The summed E-state index contributed by atoms with van der Waals surface area (Å²) in [5.41, 5.74) is 1.69. The topological polar surface area (TPSA) is 123 Å². The number of hydrogen-bond acceptors (Lipinski definition) is 6. The first-order valence-electron chi connectivity index (χ1n) is 9.17. The summed E-state index contributed by atoms with van der Waals surface area (Å²) in [5, 5.41) is 2.66. The molecule has 1 heterocycles. The molecule has 9 heteroatoms. The van der Waals surface area contributed by atoms with Crippen LogP contribution in [0.1, 0.15) is 42.3 Å². The number of nitrogens with zero attached hydrogens (tertiary/aromatic N) is 2. The Labute approximate surface area is 180 Å². The molecular weight excluding hydrogens is 418 g/mol. The van der Waals surface area contributed by atoms with Gasteiger partial charge < -0.3 is 5.32 Å². The number of carbonyl (C=O) groups excluding carboxylic acids is 4. The van der Waals surface area contributed by atoms with Crippen LogP contribution in [0.25, 0.3) is 0 Å². The van der Waals surface area contributed by atoms with Gasteiger partial charge in [0.2, 0.25) is 5.91 Å². The third-order valence-corrected chi connectivity index (χ3v) is 5.84. The predicted molar refractivity (Wildman–Crippen MR) is 117 cm³/mol. The molecule has 1 N–H and O–H groups in total. The zero-order valence-corrected chi connectivity index (χ0v) is 18.1. The lowest BCUT2D eigenvalue weighted by Crippen LogP contribution is -2.22. The molecule has 1 aromatic carbocycles. The number of benzene rings is 1. The number of rotatable bonds is 6. The second kappa shape index (κ2) is 10.4. The Morgan fingerprint density at radius 3 is 2.23 bits per heavy atom. The minimum Gasteiger partial charge on any atom is -0.326 e.